The first-order valence-electron chi connectivity index (χ1n) is 12.4. The third kappa shape index (κ3) is 7.49. The molecule has 34 heavy (non-hydrogen) atoms. The van der Waals surface area contributed by atoms with Crippen LogP contribution in [0.3, 0.4) is 0 Å². The molecule has 0 spiro atoms. The van der Waals surface area contributed by atoms with Crippen molar-refractivity contribution in [1.29, 1.82) is 0 Å². The van der Waals surface area contributed by atoms with Gasteiger partial charge in [0.1, 0.15) is 11.8 Å². The zero-order valence-electron chi connectivity index (χ0n) is 20.6. The second-order valence-electron chi connectivity index (χ2n) is 9.43. The Labute approximate surface area is 208 Å². The van der Waals surface area contributed by atoms with Crippen LogP contribution in [0.15, 0.2) is 48.5 Å². The summed E-state index contributed by atoms with van der Waals surface area (Å²) < 4.78 is 5.82. The van der Waals surface area contributed by atoms with E-state index in [1.54, 1.807) is 17.0 Å². The van der Waals surface area contributed by atoms with Gasteiger partial charge in [-0.1, -0.05) is 75.9 Å². The van der Waals surface area contributed by atoms with Crippen LogP contribution in [-0.2, 0) is 16.1 Å². The van der Waals surface area contributed by atoms with Crippen molar-refractivity contribution in [1.82, 2.24) is 10.2 Å². The molecule has 1 aliphatic carbocycles. The summed E-state index contributed by atoms with van der Waals surface area (Å²) in [4.78, 5) is 28.2. The normalized spacial score (nSPS) is 15.1. The van der Waals surface area contributed by atoms with Gasteiger partial charge in [-0.25, -0.2) is 0 Å². The van der Waals surface area contributed by atoms with Gasteiger partial charge >= 0.3 is 0 Å². The first-order chi connectivity index (χ1) is 16.4. The van der Waals surface area contributed by atoms with E-state index in [9.17, 15) is 9.59 Å². The molecule has 1 atom stereocenters. The monoisotopic (exact) mass is 484 g/mol. The molecular formula is C28H37ClN2O3. The van der Waals surface area contributed by atoms with Crippen LogP contribution >= 0.6 is 11.6 Å². The van der Waals surface area contributed by atoms with Gasteiger partial charge in [-0.3, -0.25) is 9.59 Å². The lowest BCUT2D eigenvalue weighted by atomic mass is 9.95. The molecular weight excluding hydrogens is 448 g/mol. The third-order valence-electron chi connectivity index (χ3n) is 6.51. The lowest BCUT2D eigenvalue weighted by Crippen LogP contribution is -2.52. The fourth-order valence-electron chi connectivity index (χ4n) is 4.43. The summed E-state index contributed by atoms with van der Waals surface area (Å²) in [5.41, 5.74) is 2.14. The molecule has 0 bridgehead atoms. The minimum Gasteiger partial charge on any atom is -0.484 e. The zero-order valence-corrected chi connectivity index (χ0v) is 21.3. The number of rotatable bonds is 10. The largest absolute Gasteiger partial charge is 0.484 e. The Bertz CT molecular complexity index is 922. The van der Waals surface area contributed by atoms with Gasteiger partial charge in [-0.15, -0.1) is 0 Å². The Hall–Kier alpha value is -2.53. The topological polar surface area (TPSA) is 58.6 Å². The molecule has 1 fully saturated rings. The van der Waals surface area contributed by atoms with Crippen molar-refractivity contribution >= 4 is 23.4 Å². The zero-order chi connectivity index (χ0) is 24.5. The molecule has 0 saturated heterocycles. The van der Waals surface area contributed by atoms with Crippen LogP contribution in [0.5, 0.6) is 5.75 Å². The smallest absolute Gasteiger partial charge is 0.261 e. The summed E-state index contributed by atoms with van der Waals surface area (Å²) >= 11 is 6.04. The molecule has 0 unspecified atom stereocenters. The van der Waals surface area contributed by atoms with Crippen molar-refractivity contribution in [3.8, 4) is 5.75 Å². The van der Waals surface area contributed by atoms with E-state index in [0.717, 1.165) is 31.2 Å². The number of hydrogen-bond donors (Lipinski definition) is 1. The first kappa shape index (κ1) is 26.1. The maximum atomic E-state index is 13.4. The molecule has 5 nitrogen and oxygen atoms in total. The van der Waals surface area contributed by atoms with E-state index in [1.165, 1.54) is 12.0 Å². The molecule has 3 rings (SSSR count). The molecule has 1 N–H and O–H groups in total. The van der Waals surface area contributed by atoms with E-state index in [2.05, 4.69) is 19.2 Å². The Morgan fingerprint density at radius 2 is 1.68 bits per heavy atom. The lowest BCUT2D eigenvalue weighted by Gasteiger charge is -2.32. The second-order valence-corrected chi connectivity index (χ2v) is 9.86. The standard InChI is InChI=1S/C28H37ClN2O3/c1-4-26(28(33)30-24-8-6-5-7-9-24)31(18-21-10-14-23(29)15-11-21)27(32)19-34-25-16-12-22(13-17-25)20(2)3/h10-17,20,24,26H,4-9,18-19H2,1-3H3,(H,30,33)/t26-/m0/s1. The number of ether oxygens (including phenoxy) is 1. The van der Waals surface area contributed by atoms with Crippen molar-refractivity contribution in [3.05, 3.63) is 64.7 Å². The Balaban J connectivity index is 1.73. The van der Waals surface area contributed by atoms with Crippen molar-refractivity contribution in [2.45, 2.75) is 83.8 Å². The number of nitrogens with one attached hydrogen (secondary N) is 1. The summed E-state index contributed by atoms with van der Waals surface area (Å²) in [7, 11) is 0. The predicted octanol–water partition coefficient (Wildman–Crippen LogP) is 6.10. The van der Waals surface area contributed by atoms with Gasteiger partial charge in [-0.05, 0) is 60.6 Å². The highest BCUT2D eigenvalue weighted by Crippen LogP contribution is 2.21. The average Bonchev–Trinajstić information content (AvgIpc) is 2.84. The maximum Gasteiger partial charge on any atom is 0.261 e. The van der Waals surface area contributed by atoms with Crippen molar-refractivity contribution in [2.75, 3.05) is 6.61 Å². The summed E-state index contributed by atoms with van der Waals surface area (Å²) in [5, 5.41) is 3.83. The van der Waals surface area contributed by atoms with Gasteiger partial charge in [0.2, 0.25) is 5.91 Å². The van der Waals surface area contributed by atoms with Gasteiger partial charge in [0.05, 0.1) is 0 Å². The van der Waals surface area contributed by atoms with E-state index in [-0.39, 0.29) is 24.5 Å². The molecule has 2 aromatic rings. The molecule has 2 aromatic carbocycles. The van der Waals surface area contributed by atoms with Crippen LogP contribution in [0.25, 0.3) is 0 Å². The molecule has 6 heteroatoms. The quantitative estimate of drug-likeness (QED) is 0.443. The van der Waals surface area contributed by atoms with Crippen LogP contribution in [-0.4, -0.2) is 35.4 Å². The van der Waals surface area contributed by atoms with Gasteiger partial charge in [-0.2, -0.15) is 0 Å². The molecule has 1 aliphatic rings. The van der Waals surface area contributed by atoms with Crippen LogP contribution in [0.1, 0.15) is 76.3 Å². The number of hydrogen-bond acceptors (Lipinski definition) is 3. The van der Waals surface area contributed by atoms with E-state index in [0.29, 0.717) is 29.7 Å². The first-order valence-corrected chi connectivity index (χ1v) is 12.8. The Morgan fingerprint density at radius 1 is 1.03 bits per heavy atom. The summed E-state index contributed by atoms with van der Waals surface area (Å²) in [6.07, 6.45) is 6.03. The van der Waals surface area contributed by atoms with Crippen LogP contribution in [0, 0.1) is 0 Å². The van der Waals surface area contributed by atoms with Gasteiger partial charge < -0.3 is 15.0 Å². The fraction of sp³-hybridized carbons (Fsp3) is 0.500. The van der Waals surface area contributed by atoms with Gasteiger partial charge in [0.15, 0.2) is 6.61 Å². The van der Waals surface area contributed by atoms with Crippen LogP contribution < -0.4 is 10.1 Å². The van der Waals surface area contributed by atoms with E-state index in [4.69, 9.17) is 16.3 Å². The van der Waals surface area contributed by atoms with Crippen LogP contribution in [0.4, 0.5) is 0 Å². The SMILES string of the molecule is CC[C@@H](C(=O)NC1CCCCC1)N(Cc1ccc(Cl)cc1)C(=O)COc1ccc(C(C)C)cc1. The third-order valence-corrected chi connectivity index (χ3v) is 6.76. The van der Waals surface area contributed by atoms with Crippen molar-refractivity contribution in [2.24, 2.45) is 0 Å². The fourth-order valence-corrected chi connectivity index (χ4v) is 4.55. The van der Waals surface area contributed by atoms with Crippen LogP contribution in [0.2, 0.25) is 5.02 Å². The Morgan fingerprint density at radius 3 is 2.26 bits per heavy atom. The number of amides is 2. The second kappa shape index (κ2) is 12.8. The molecule has 0 aromatic heterocycles. The highest BCUT2D eigenvalue weighted by molar-refractivity contribution is 6.30. The Kier molecular flexibility index (Phi) is 9.82. The highest BCUT2D eigenvalue weighted by Gasteiger charge is 2.30. The molecule has 1 saturated carbocycles. The summed E-state index contributed by atoms with van der Waals surface area (Å²) in [6.45, 7) is 6.41. The minimum absolute atomic E-state index is 0.0852. The predicted molar refractivity (Wildman–Crippen MR) is 137 cm³/mol. The molecule has 0 heterocycles. The van der Waals surface area contributed by atoms with Gasteiger partial charge in [0.25, 0.3) is 5.91 Å². The number of carbonyl (C=O) groups excluding carboxylic acids is 2. The molecule has 0 aliphatic heterocycles. The summed E-state index contributed by atoms with van der Waals surface area (Å²) in [5.74, 6) is 0.772. The van der Waals surface area contributed by atoms with E-state index in [1.807, 2.05) is 43.3 Å². The van der Waals surface area contributed by atoms with Gasteiger partial charge in [0, 0.05) is 17.6 Å². The van der Waals surface area contributed by atoms with Crippen molar-refractivity contribution in [3.63, 3.8) is 0 Å². The number of benzene rings is 2. The molecule has 0 radical (unpaired) electrons. The average molecular weight is 485 g/mol. The molecule has 2 amide bonds. The number of carbonyl (C=O) groups is 2. The number of halogens is 1. The maximum absolute atomic E-state index is 13.4. The van der Waals surface area contributed by atoms with E-state index < -0.39 is 6.04 Å². The lowest BCUT2D eigenvalue weighted by molar-refractivity contribution is -0.143. The summed E-state index contributed by atoms with van der Waals surface area (Å²) in [6, 6.07) is 14.8. The highest BCUT2D eigenvalue weighted by atomic mass is 35.5. The van der Waals surface area contributed by atoms with Crippen molar-refractivity contribution < 1.29 is 14.3 Å². The molecule has 184 valence electrons. The number of nitrogens with zero attached hydrogens (tertiary/aromatic N) is 1. The van der Waals surface area contributed by atoms with E-state index >= 15 is 0 Å². The minimum atomic E-state index is -0.558.